The first-order chi connectivity index (χ1) is 10.0. The van der Waals surface area contributed by atoms with Crippen LogP contribution in [0.15, 0.2) is 18.3 Å². The lowest BCUT2D eigenvalue weighted by Crippen LogP contribution is -2.16. The van der Waals surface area contributed by atoms with Crippen molar-refractivity contribution in [2.75, 3.05) is 0 Å². The van der Waals surface area contributed by atoms with Crippen LogP contribution in [0.25, 0.3) is 0 Å². The zero-order valence-electron chi connectivity index (χ0n) is 12.0. The van der Waals surface area contributed by atoms with E-state index in [-0.39, 0.29) is 0 Å². The minimum atomic E-state index is -0.799. The highest BCUT2D eigenvalue weighted by Gasteiger charge is 2.18. The van der Waals surface area contributed by atoms with Crippen LogP contribution in [0.5, 0.6) is 0 Å². The Hall–Kier alpha value is -2.02. The third-order valence-electron chi connectivity index (χ3n) is 2.75. The van der Waals surface area contributed by atoms with Crippen LogP contribution in [-0.4, -0.2) is 36.7 Å². The van der Waals surface area contributed by atoms with Crippen LogP contribution in [0.1, 0.15) is 31.2 Å². The zero-order chi connectivity index (χ0) is 15.7. The van der Waals surface area contributed by atoms with Gasteiger partial charge in [-0.1, -0.05) is 36.2 Å². The topological polar surface area (TPSA) is 105 Å². The van der Waals surface area contributed by atoms with Gasteiger partial charge in [0.25, 0.3) is 0 Å². The number of pyridine rings is 1. The van der Waals surface area contributed by atoms with Gasteiger partial charge in [-0.05, 0) is 25.0 Å². The van der Waals surface area contributed by atoms with E-state index in [0.717, 1.165) is 12.0 Å². The molecule has 1 atom stereocenters. The average Bonchev–Trinajstić information content (AvgIpc) is 2.95. The molecule has 0 aromatic carbocycles. The van der Waals surface area contributed by atoms with Crippen molar-refractivity contribution >= 4 is 17.6 Å². The number of nitrogens with one attached hydrogen (secondary N) is 1. The number of aryl methyl sites for hydroxylation is 1. The second-order valence-electron chi connectivity index (χ2n) is 4.47. The molecule has 0 spiro atoms. The molecule has 8 heteroatoms. The summed E-state index contributed by atoms with van der Waals surface area (Å²) in [6, 6.07) is 3.79. The van der Waals surface area contributed by atoms with Gasteiger partial charge in [0.2, 0.25) is 0 Å². The number of carbonyl (C=O) groups is 1. The van der Waals surface area contributed by atoms with Crippen molar-refractivity contribution in [3.63, 3.8) is 0 Å². The van der Waals surface area contributed by atoms with E-state index in [2.05, 4.69) is 25.6 Å². The summed E-state index contributed by atoms with van der Waals surface area (Å²) in [7, 11) is 0. The summed E-state index contributed by atoms with van der Waals surface area (Å²) in [5, 5.41) is 22.5. The first-order valence-electron chi connectivity index (χ1n) is 6.56. The van der Waals surface area contributed by atoms with E-state index in [4.69, 9.17) is 16.7 Å². The van der Waals surface area contributed by atoms with E-state index in [1.54, 1.807) is 6.20 Å². The molecule has 0 amide bonds. The molecule has 2 heterocycles. The molecule has 2 N–H and O–H groups in total. The predicted molar refractivity (Wildman–Crippen MR) is 77.9 cm³/mol. The second-order valence-corrected chi connectivity index (χ2v) is 4.83. The molecule has 0 saturated heterocycles. The van der Waals surface area contributed by atoms with Crippen LogP contribution in [0.3, 0.4) is 0 Å². The number of rotatable bonds is 5. The van der Waals surface area contributed by atoms with Crippen molar-refractivity contribution in [2.24, 2.45) is 5.92 Å². The van der Waals surface area contributed by atoms with Crippen molar-refractivity contribution in [1.82, 2.24) is 25.6 Å². The Balaban J connectivity index is 0.000000235. The lowest BCUT2D eigenvalue weighted by Gasteiger charge is -2.06. The Morgan fingerprint density at radius 1 is 1.52 bits per heavy atom. The number of aromatic amines is 1. The van der Waals surface area contributed by atoms with Crippen molar-refractivity contribution in [2.45, 2.75) is 33.1 Å². The summed E-state index contributed by atoms with van der Waals surface area (Å²) in [6.45, 7) is 3.88. The molecule has 0 bridgehead atoms. The standard InChI is InChI=1S/C7H12N4O2.C6H6ClN/c1-2-3-5(7(12)13)4-6-8-10-11-9-6;1-5-3-2-4-8-6(5)7/h5H,2-4H2,1H3,(H,12,13)(H,8,9,10,11);2-4H,1H3/t5-;/m0./s1. The molecule has 0 aliphatic carbocycles. The number of tetrazole rings is 1. The lowest BCUT2D eigenvalue weighted by molar-refractivity contribution is -0.142. The van der Waals surface area contributed by atoms with Gasteiger partial charge >= 0.3 is 5.97 Å². The summed E-state index contributed by atoms with van der Waals surface area (Å²) in [5.41, 5.74) is 1.02. The maximum absolute atomic E-state index is 10.7. The molecule has 2 aromatic rings. The summed E-state index contributed by atoms with van der Waals surface area (Å²) in [4.78, 5) is 14.6. The minimum absolute atomic E-state index is 0.347. The molecule has 0 radical (unpaired) electrons. The number of aromatic nitrogens is 5. The fourth-order valence-electron chi connectivity index (χ4n) is 1.62. The highest BCUT2D eigenvalue weighted by molar-refractivity contribution is 6.30. The number of carboxylic acids is 1. The Kier molecular flexibility index (Phi) is 7.31. The highest BCUT2D eigenvalue weighted by atomic mass is 35.5. The number of carboxylic acid groups (broad SMARTS) is 1. The molecule has 2 rings (SSSR count). The van der Waals surface area contributed by atoms with E-state index < -0.39 is 11.9 Å². The van der Waals surface area contributed by atoms with Gasteiger partial charge in [0, 0.05) is 12.6 Å². The fraction of sp³-hybridized carbons (Fsp3) is 0.462. The van der Waals surface area contributed by atoms with Crippen molar-refractivity contribution in [3.8, 4) is 0 Å². The van der Waals surface area contributed by atoms with Crippen molar-refractivity contribution < 1.29 is 9.90 Å². The van der Waals surface area contributed by atoms with E-state index >= 15 is 0 Å². The summed E-state index contributed by atoms with van der Waals surface area (Å²) in [5.74, 6) is -0.741. The van der Waals surface area contributed by atoms with Gasteiger partial charge < -0.3 is 5.11 Å². The normalized spacial score (nSPS) is 11.4. The number of nitrogens with zero attached hydrogens (tertiary/aromatic N) is 4. The number of hydrogen-bond acceptors (Lipinski definition) is 5. The van der Waals surface area contributed by atoms with Gasteiger partial charge in [-0.25, -0.2) is 4.98 Å². The van der Waals surface area contributed by atoms with Crippen LogP contribution >= 0.6 is 11.6 Å². The minimum Gasteiger partial charge on any atom is -0.481 e. The third kappa shape index (κ3) is 6.31. The summed E-state index contributed by atoms with van der Waals surface area (Å²) >= 11 is 5.60. The number of halogens is 1. The molecule has 0 saturated carbocycles. The molecule has 114 valence electrons. The number of hydrogen-bond donors (Lipinski definition) is 2. The number of aliphatic carboxylic acids is 1. The smallest absolute Gasteiger partial charge is 0.306 e. The lowest BCUT2D eigenvalue weighted by atomic mass is 10.00. The summed E-state index contributed by atoms with van der Waals surface area (Å²) in [6.07, 6.45) is 3.51. The van der Waals surface area contributed by atoms with Crippen LogP contribution in [0.4, 0.5) is 0 Å². The SMILES string of the molecule is CCC[C@@H](Cc1nn[nH]n1)C(=O)O.Cc1cccnc1Cl. The summed E-state index contributed by atoms with van der Waals surface area (Å²) < 4.78 is 0. The van der Waals surface area contributed by atoms with Gasteiger partial charge in [-0.15, -0.1) is 10.2 Å². The quantitative estimate of drug-likeness (QED) is 0.821. The predicted octanol–water partition coefficient (Wildman–Crippen LogP) is 2.29. The Morgan fingerprint density at radius 2 is 2.29 bits per heavy atom. The molecule has 7 nitrogen and oxygen atoms in total. The van der Waals surface area contributed by atoms with E-state index in [0.29, 0.717) is 23.8 Å². The van der Waals surface area contributed by atoms with E-state index in [1.165, 1.54) is 0 Å². The zero-order valence-corrected chi connectivity index (χ0v) is 12.7. The first-order valence-corrected chi connectivity index (χ1v) is 6.94. The van der Waals surface area contributed by atoms with Crippen molar-refractivity contribution in [3.05, 3.63) is 34.9 Å². The Labute approximate surface area is 127 Å². The van der Waals surface area contributed by atoms with Gasteiger partial charge in [-0.2, -0.15) is 5.21 Å². The van der Waals surface area contributed by atoms with Crippen LogP contribution in [0.2, 0.25) is 5.15 Å². The molecular weight excluding hydrogens is 294 g/mol. The molecule has 0 aliphatic rings. The molecule has 0 fully saturated rings. The molecule has 2 aromatic heterocycles. The van der Waals surface area contributed by atoms with Gasteiger partial charge in [-0.3, -0.25) is 4.79 Å². The third-order valence-corrected chi connectivity index (χ3v) is 3.15. The van der Waals surface area contributed by atoms with Gasteiger partial charge in [0.15, 0.2) is 5.82 Å². The highest BCUT2D eigenvalue weighted by Crippen LogP contribution is 2.11. The monoisotopic (exact) mass is 311 g/mol. The van der Waals surface area contributed by atoms with Gasteiger partial charge in [0.1, 0.15) is 5.15 Å². The molecule has 0 aliphatic heterocycles. The first kappa shape index (κ1) is 17.0. The van der Waals surface area contributed by atoms with Crippen LogP contribution in [0, 0.1) is 12.8 Å². The van der Waals surface area contributed by atoms with Gasteiger partial charge in [0.05, 0.1) is 5.92 Å². The van der Waals surface area contributed by atoms with Crippen LogP contribution < -0.4 is 0 Å². The molecule has 21 heavy (non-hydrogen) atoms. The largest absolute Gasteiger partial charge is 0.481 e. The maximum atomic E-state index is 10.7. The average molecular weight is 312 g/mol. The van der Waals surface area contributed by atoms with E-state index in [9.17, 15) is 4.79 Å². The van der Waals surface area contributed by atoms with E-state index in [1.807, 2.05) is 26.0 Å². The van der Waals surface area contributed by atoms with Crippen LogP contribution in [-0.2, 0) is 11.2 Å². The Bertz CT molecular complexity index is 526. The second kappa shape index (κ2) is 9.02. The molecular formula is C13H18ClN5O2. The fourth-order valence-corrected chi connectivity index (χ4v) is 1.74. The number of H-pyrrole nitrogens is 1. The van der Waals surface area contributed by atoms with Crippen molar-refractivity contribution in [1.29, 1.82) is 0 Å². The Morgan fingerprint density at radius 3 is 2.71 bits per heavy atom. The maximum Gasteiger partial charge on any atom is 0.306 e. The molecule has 0 unspecified atom stereocenters.